The number of methoxy groups -OCH3 is 2. The standard InChI is InChI=1S/C22H27N3O3S/c1-15-7-6-8-16(13-15)14-19(26)25(12-11-24(2)3)22-23-20-17(27-4)9-10-18(28-5)21(20)29-22/h6-10,13H,11-12,14H2,1-5H3. The summed E-state index contributed by atoms with van der Waals surface area (Å²) >= 11 is 1.45. The third-order valence-corrected chi connectivity index (χ3v) is 5.73. The predicted octanol–water partition coefficient (Wildman–Crippen LogP) is 3.76. The molecule has 0 aliphatic carbocycles. The molecule has 1 aromatic heterocycles. The lowest BCUT2D eigenvalue weighted by Crippen LogP contribution is -2.37. The first-order valence-corrected chi connectivity index (χ1v) is 10.3. The molecule has 0 aliphatic rings. The highest BCUT2D eigenvalue weighted by atomic mass is 32.1. The summed E-state index contributed by atoms with van der Waals surface area (Å²) in [6.45, 7) is 3.33. The van der Waals surface area contributed by atoms with Crippen molar-refractivity contribution in [2.75, 3.05) is 46.3 Å². The number of hydrogen-bond acceptors (Lipinski definition) is 6. The van der Waals surface area contributed by atoms with Gasteiger partial charge in [0.2, 0.25) is 5.91 Å². The molecule has 1 heterocycles. The zero-order chi connectivity index (χ0) is 21.0. The summed E-state index contributed by atoms with van der Waals surface area (Å²) in [6, 6.07) is 11.7. The highest BCUT2D eigenvalue weighted by Crippen LogP contribution is 2.40. The minimum atomic E-state index is 0.0226. The molecule has 0 fully saturated rings. The van der Waals surface area contributed by atoms with E-state index in [0.717, 1.165) is 28.1 Å². The van der Waals surface area contributed by atoms with Gasteiger partial charge >= 0.3 is 0 Å². The van der Waals surface area contributed by atoms with Gasteiger partial charge in [0.25, 0.3) is 0 Å². The molecule has 7 heteroatoms. The van der Waals surface area contributed by atoms with Crippen LogP contribution in [-0.2, 0) is 11.2 Å². The van der Waals surface area contributed by atoms with Crippen molar-refractivity contribution in [3.05, 3.63) is 47.5 Å². The molecule has 2 aromatic carbocycles. The topological polar surface area (TPSA) is 54.9 Å². The minimum Gasteiger partial charge on any atom is -0.495 e. The van der Waals surface area contributed by atoms with Gasteiger partial charge in [-0.15, -0.1) is 0 Å². The quantitative estimate of drug-likeness (QED) is 0.563. The highest BCUT2D eigenvalue weighted by Gasteiger charge is 2.22. The largest absolute Gasteiger partial charge is 0.495 e. The molecule has 0 aliphatic heterocycles. The van der Waals surface area contributed by atoms with Crippen molar-refractivity contribution in [1.29, 1.82) is 0 Å². The number of likely N-dealkylation sites (N-methyl/N-ethyl adjacent to an activating group) is 1. The van der Waals surface area contributed by atoms with Crippen LogP contribution in [0.25, 0.3) is 10.2 Å². The zero-order valence-corrected chi connectivity index (χ0v) is 18.4. The number of hydrogen-bond donors (Lipinski definition) is 0. The Balaban J connectivity index is 1.98. The van der Waals surface area contributed by atoms with E-state index >= 15 is 0 Å². The van der Waals surface area contributed by atoms with E-state index in [4.69, 9.17) is 14.5 Å². The molecule has 0 N–H and O–H groups in total. The number of aromatic nitrogens is 1. The second-order valence-corrected chi connectivity index (χ2v) is 8.14. The molecule has 0 saturated carbocycles. The van der Waals surface area contributed by atoms with Crippen LogP contribution in [0.1, 0.15) is 11.1 Å². The van der Waals surface area contributed by atoms with Crippen molar-refractivity contribution in [3.8, 4) is 11.5 Å². The summed E-state index contributed by atoms with van der Waals surface area (Å²) < 4.78 is 11.8. The number of nitrogens with zero attached hydrogens (tertiary/aromatic N) is 3. The number of fused-ring (bicyclic) bond motifs is 1. The number of thiazole rings is 1. The normalized spacial score (nSPS) is 11.1. The van der Waals surface area contributed by atoms with Crippen molar-refractivity contribution in [1.82, 2.24) is 9.88 Å². The van der Waals surface area contributed by atoms with Gasteiger partial charge in [-0.3, -0.25) is 9.69 Å². The molecule has 1 amide bonds. The number of benzene rings is 2. The lowest BCUT2D eigenvalue weighted by molar-refractivity contribution is -0.118. The third kappa shape index (κ3) is 4.86. The van der Waals surface area contributed by atoms with Crippen LogP contribution >= 0.6 is 11.3 Å². The molecule has 154 valence electrons. The Morgan fingerprint density at radius 3 is 2.45 bits per heavy atom. The fraction of sp³-hybridized carbons (Fsp3) is 0.364. The van der Waals surface area contributed by atoms with Gasteiger partial charge in [-0.05, 0) is 38.7 Å². The number of rotatable bonds is 8. The number of amides is 1. The van der Waals surface area contributed by atoms with E-state index in [0.29, 0.717) is 29.4 Å². The van der Waals surface area contributed by atoms with Gasteiger partial charge < -0.3 is 14.4 Å². The van der Waals surface area contributed by atoms with Crippen molar-refractivity contribution in [3.63, 3.8) is 0 Å². The first-order chi connectivity index (χ1) is 13.9. The van der Waals surface area contributed by atoms with Crippen molar-refractivity contribution in [2.24, 2.45) is 0 Å². The van der Waals surface area contributed by atoms with Gasteiger partial charge in [0.05, 0.1) is 20.6 Å². The Bertz CT molecular complexity index is 959. The molecule has 0 atom stereocenters. The summed E-state index contributed by atoms with van der Waals surface area (Å²) in [5, 5.41) is 0.655. The number of carbonyl (C=O) groups is 1. The van der Waals surface area contributed by atoms with E-state index in [-0.39, 0.29) is 5.91 Å². The maximum absolute atomic E-state index is 13.2. The molecule has 29 heavy (non-hydrogen) atoms. The summed E-state index contributed by atoms with van der Waals surface area (Å²) in [4.78, 5) is 21.8. The van der Waals surface area contributed by atoms with E-state index in [2.05, 4.69) is 4.90 Å². The van der Waals surface area contributed by atoms with E-state index in [1.54, 1.807) is 19.1 Å². The summed E-state index contributed by atoms with van der Waals surface area (Å²) in [5.41, 5.74) is 2.86. The van der Waals surface area contributed by atoms with Crippen LogP contribution in [0, 0.1) is 6.92 Å². The Labute approximate surface area is 175 Å². The molecule has 3 aromatic rings. The van der Waals surface area contributed by atoms with Gasteiger partial charge in [-0.1, -0.05) is 41.2 Å². The first-order valence-electron chi connectivity index (χ1n) is 9.45. The molecule has 3 rings (SSSR count). The molecule has 6 nitrogen and oxygen atoms in total. The second kappa shape index (κ2) is 9.24. The average Bonchev–Trinajstić information content (AvgIpc) is 3.12. The number of carbonyl (C=O) groups excluding carboxylic acids is 1. The van der Waals surface area contributed by atoms with Gasteiger partial charge in [-0.25, -0.2) is 4.98 Å². The average molecular weight is 414 g/mol. The Kier molecular flexibility index (Phi) is 6.71. The van der Waals surface area contributed by atoms with E-state index in [1.165, 1.54) is 11.3 Å². The fourth-order valence-corrected chi connectivity index (χ4v) is 4.23. The van der Waals surface area contributed by atoms with Gasteiger partial charge in [0.1, 0.15) is 21.7 Å². The number of ether oxygens (including phenoxy) is 2. The number of aryl methyl sites for hydroxylation is 1. The third-order valence-electron chi connectivity index (χ3n) is 4.64. The van der Waals surface area contributed by atoms with Crippen molar-refractivity contribution >= 4 is 32.6 Å². The van der Waals surface area contributed by atoms with Gasteiger partial charge in [0.15, 0.2) is 5.13 Å². The van der Waals surface area contributed by atoms with E-state index in [1.807, 2.05) is 57.4 Å². The summed E-state index contributed by atoms with van der Waals surface area (Å²) in [7, 11) is 7.24. The lowest BCUT2D eigenvalue weighted by atomic mass is 10.1. The van der Waals surface area contributed by atoms with Crippen LogP contribution < -0.4 is 14.4 Å². The molecular weight excluding hydrogens is 386 g/mol. The monoisotopic (exact) mass is 413 g/mol. The highest BCUT2D eigenvalue weighted by molar-refractivity contribution is 7.22. The Hall–Kier alpha value is -2.64. The summed E-state index contributed by atoms with van der Waals surface area (Å²) in [6.07, 6.45) is 0.333. The SMILES string of the molecule is COc1ccc(OC)c2sc(N(CCN(C)C)C(=O)Cc3cccc(C)c3)nc12. The van der Waals surface area contributed by atoms with E-state index < -0.39 is 0 Å². The van der Waals surface area contributed by atoms with Crippen LogP contribution in [0.15, 0.2) is 36.4 Å². The molecular formula is C22H27N3O3S. The summed E-state index contributed by atoms with van der Waals surface area (Å²) in [5.74, 6) is 1.42. The maximum atomic E-state index is 13.2. The molecule has 0 radical (unpaired) electrons. The minimum absolute atomic E-state index is 0.0226. The fourth-order valence-electron chi connectivity index (χ4n) is 3.11. The molecule has 0 spiro atoms. The lowest BCUT2D eigenvalue weighted by Gasteiger charge is -2.22. The van der Waals surface area contributed by atoms with Gasteiger partial charge in [-0.2, -0.15) is 0 Å². The van der Waals surface area contributed by atoms with Crippen molar-refractivity contribution in [2.45, 2.75) is 13.3 Å². The molecule has 0 bridgehead atoms. The van der Waals surface area contributed by atoms with E-state index in [9.17, 15) is 4.79 Å². The van der Waals surface area contributed by atoms with Gasteiger partial charge in [0, 0.05) is 13.1 Å². The predicted molar refractivity (Wildman–Crippen MR) is 119 cm³/mol. The Morgan fingerprint density at radius 1 is 1.07 bits per heavy atom. The van der Waals surface area contributed by atoms with Crippen LogP contribution in [0.4, 0.5) is 5.13 Å². The van der Waals surface area contributed by atoms with Crippen LogP contribution in [-0.4, -0.2) is 57.2 Å². The number of anilines is 1. The second-order valence-electron chi connectivity index (χ2n) is 7.16. The molecule has 0 unspecified atom stereocenters. The first kappa shape index (κ1) is 21.1. The van der Waals surface area contributed by atoms with Crippen LogP contribution in [0.3, 0.4) is 0 Å². The maximum Gasteiger partial charge on any atom is 0.233 e. The zero-order valence-electron chi connectivity index (χ0n) is 17.6. The van der Waals surface area contributed by atoms with Crippen molar-refractivity contribution < 1.29 is 14.3 Å². The van der Waals surface area contributed by atoms with Crippen LogP contribution in [0.2, 0.25) is 0 Å². The Morgan fingerprint density at radius 2 is 1.79 bits per heavy atom. The smallest absolute Gasteiger partial charge is 0.233 e. The van der Waals surface area contributed by atoms with Crippen LogP contribution in [0.5, 0.6) is 11.5 Å². The molecule has 0 saturated heterocycles.